The highest BCUT2D eigenvalue weighted by atomic mass is 16.3. The Bertz CT molecular complexity index is 473. The van der Waals surface area contributed by atoms with E-state index < -0.39 is 0 Å². The van der Waals surface area contributed by atoms with Crippen molar-refractivity contribution >= 4 is 11.0 Å². The maximum absolute atomic E-state index is 5.47. The summed E-state index contributed by atoms with van der Waals surface area (Å²) in [5.41, 5.74) is 4.11. The minimum atomic E-state index is 0.584. The molecule has 66 valence electrons. The summed E-state index contributed by atoms with van der Waals surface area (Å²) in [4.78, 5) is 0. The molecule has 1 N–H and O–H groups in total. The van der Waals surface area contributed by atoms with E-state index in [0.29, 0.717) is 5.55 Å². The number of fused-ring (bicyclic) bond motifs is 1. The molecule has 0 aliphatic carbocycles. The van der Waals surface area contributed by atoms with Crippen LogP contribution in [0.5, 0.6) is 0 Å². The molecular weight excluding hydrogens is 164 g/mol. The third-order valence-electron chi connectivity index (χ3n) is 1.76. The summed E-state index contributed by atoms with van der Waals surface area (Å²) in [6.45, 7) is 0. The molecule has 0 aliphatic heterocycles. The summed E-state index contributed by atoms with van der Waals surface area (Å²) in [5.74, 6) is 0. The normalized spacial score (nSPS) is 11.9. The lowest BCUT2D eigenvalue weighted by molar-refractivity contribution is 0.525. The Kier molecular flexibility index (Phi) is 2.00. The van der Waals surface area contributed by atoms with Crippen molar-refractivity contribution in [2.24, 2.45) is 5.10 Å². The fourth-order valence-electron chi connectivity index (χ4n) is 1.19. The van der Waals surface area contributed by atoms with E-state index in [1.165, 1.54) is 0 Å². The van der Waals surface area contributed by atoms with Crippen LogP contribution in [-0.2, 0) is 0 Å². The lowest BCUT2D eigenvalue weighted by atomic mass is 10.2. The van der Waals surface area contributed by atoms with E-state index in [1.807, 2.05) is 36.4 Å². The second-order valence-corrected chi connectivity index (χ2v) is 2.65. The van der Waals surface area contributed by atoms with Gasteiger partial charge in [0.05, 0.1) is 0 Å². The van der Waals surface area contributed by atoms with E-state index in [-0.39, 0.29) is 0 Å². The van der Waals surface area contributed by atoms with Crippen LogP contribution in [0.15, 0.2) is 45.9 Å². The number of benzene rings is 1. The maximum atomic E-state index is 5.47. The van der Waals surface area contributed by atoms with Crippen LogP contribution in [0.4, 0.5) is 0 Å². The molecule has 1 aromatic heterocycles. The van der Waals surface area contributed by atoms with Crippen LogP contribution in [0.25, 0.3) is 11.0 Å². The maximum Gasteiger partial charge on any atom is 0.236 e. The molecule has 0 amide bonds. The van der Waals surface area contributed by atoms with Crippen LogP contribution in [0, 0.1) is 0 Å². The van der Waals surface area contributed by atoms with Crippen molar-refractivity contribution in [1.29, 1.82) is 0 Å². The SMILES string of the molecule is CNN=c1ccc2ccccc2o1. The second-order valence-electron chi connectivity index (χ2n) is 2.65. The van der Waals surface area contributed by atoms with Crippen molar-refractivity contribution in [3.63, 3.8) is 0 Å². The lowest BCUT2D eigenvalue weighted by Gasteiger charge is -1.94. The monoisotopic (exact) mass is 174 g/mol. The molecule has 0 saturated carbocycles. The Balaban J connectivity index is 2.69. The summed E-state index contributed by atoms with van der Waals surface area (Å²) in [6.07, 6.45) is 0. The molecule has 1 aromatic carbocycles. The quantitative estimate of drug-likeness (QED) is 0.665. The van der Waals surface area contributed by atoms with Gasteiger partial charge in [0, 0.05) is 18.5 Å². The lowest BCUT2D eigenvalue weighted by Crippen LogP contribution is -2.06. The largest absolute Gasteiger partial charge is 0.437 e. The van der Waals surface area contributed by atoms with Gasteiger partial charge in [-0.15, -0.1) is 5.10 Å². The Hall–Kier alpha value is -1.77. The standard InChI is InChI=1S/C10H10N2O/c1-11-12-10-7-6-8-4-2-3-5-9(8)13-10/h2-7,11H,1H3. The zero-order valence-electron chi connectivity index (χ0n) is 7.32. The van der Waals surface area contributed by atoms with Crippen molar-refractivity contribution in [3.8, 4) is 0 Å². The molecule has 3 nitrogen and oxygen atoms in total. The van der Waals surface area contributed by atoms with Crippen LogP contribution >= 0.6 is 0 Å². The van der Waals surface area contributed by atoms with Gasteiger partial charge in [0.25, 0.3) is 0 Å². The summed E-state index contributed by atoms with van der Waals surface area (Å²) >= 11 is 0. The van der Waals surface area contributed by atoms with Gasteiger partial charge in [-0.3, -0.25) is 0 Å². The first-order chi connectivity index (χ1) is 6.40. The first-order valence-electron chi connectivity index (χ1n) is 4.09. The van der Waals surface area contributed by atoms with Crippen LogP contribution in [0.1, 0.15) is 0 Å². The molecule has 0 atom stereocenters. The van der Waals surface area contributed by atoms with E-state index in [9.17, 15) is 0 Å². The Morgan fingerprint density at radius 3 is 2.85 bits per heavy atom. The van der Waals surface area contributed by atoms with Gasteiger partial charge in [-0.2, -0.15) is 0 Å². The van der Waals surface area contributed by atoms with Crippen LogP contribution in [0.3, 0.4) is 0 Å². The van der Waals surface area contributed by atoms with Crippen LogP contribution < -0.4 is 11.0 Å². The first-order valence-corrected chi connectivity index (χ1v) is 4.09. The molecule has 1 heterocycles. The van der Waals surface area contributed by atoms with Crippen molar-refractivity contribution in [2.75, 3.05) is 7.05 Å². The van der Waals surface area contributed by atoms with E-state index in [1.54, 1.807) is 7.05 Å². The average Bonchev–Trinajstić information content (AvgIpc) is 2.18. The molecule has 0 saturated heterocycles. The topological polar surface area (TPSA) is 37.5 Å². The van der Waals surface area contributed by atoms with Crippen molar-refractivity contribution in [2.45, 2.75) is 0 Å². The molecule has 2 aromatic rings. The molecule has 0 aliphatic rings. The number of hydrogen-bond acceptors (Lipinski definition) is 3. The molecular formula is C10H10N2O. The third kappa shape index (κ3) is 1.54. The molecule has 0 radical (unpaired) electrons. The average molecular weight is 174 g/mol. The van der Waals surface area contributed by atoms with E-state index in [2.05, 4.69) is 10.5 Å². The first kappa shape index (κ1) is 7.86. The van der Waals surface area contributed by atoms with Crippen molar-refractivity contribution in [3.05, 3.63) is 42.0 Å². The predicted octanol–water partition coefficient (Wildman–Crippen LogP) is 1.47. The summed E-state index contributed by atoms with van der Waals surface area (Å²) in [5, 5.41) is 5.02. The molecule has 13 heavy (non-hydrogen) atoms. The molecule has 2 rings (SSSR count). The van der Waals surface area contributed by atoms with Gasteiger partial charge < -0.3 is 9.84 Å². The zero-order chi connectivity index (χ0) is 9.10. The van der Waals surface area contributed by atoms with Crippen molar-refractivity contribution < 1.29 is 4.42 Å². The Morgan fingerprint density at radius 1 is 1.15 bits per heavy atom. The molecule has 0 unspecified atom stereocenters. The number of hydrogen-bond donors (Lipinski definition) is 1. The van der Waals surface area contributed by atoms with Crippen LogP contribution in [0.2, 0.25) is 0 Å². The fraction of sp³-hybridized carbons (Fsp3) is 0.100. The van der Waals surface area contributed by atoms with E-state index >= 15 is 0 Å². The number of rotatable bonds is 1. The zero-order valence-corrected chi connectivity index (χ0v) is 7.32. The minimum absolute atomic E-state index is 0.584. The van der Waals surface area contributed by atoms with Gasteiger partial charge in [-0.05, 0) is 12.1 Å². The smallest absolute Gasteiger partial charge is 0.236 e. The predicted molar refractivity (Wildman–Crippen MR) is 50.8 cm³/mol. The summed E-state index contributed by atoms with van der Waals surface area (Å²) in [6, 6.07) is 11.7. The fourth-order valence-corrected chi connectivity index (χ4v) is 1.19. The highest BCUT2D eigenvalue weighted by molar-refractivity contribution is 5.75. The molecule has 3 heteroatoms. The third-order valence-corrected chi connectivity index (χ3v) is 1.76. The molecule has 0 fully saturated rings. The summed E-state index contributed by atoms with van der Waals surface area (Å²) in [7, 11) is 1.74. The molecule has 0 bridgehead atoms. The van der Waals surface area contributed by atoms with Crippen LogP contribution in [-0.4, -0.2) is 7.05 Å². The van der Waals surface area contributed by atoms with Gasteiger partial charge in [-0.1, -0.05) is 18.2 Å². The van der Waals surface area contributed by atoms with Gasteiger partial charge in [0.1, 0.15) is 5.58 Å². The Labute approximate surface area is 75.7 Å². The number of para-hydroxylation sites is 1. The number of nitrogens with one attached hydrogen (secondary N) is 1. The highest BCUT2D eigenvalue weighted by Gasteiger charge is 1.91. The van der Waals surface area contributed by atoms with Crippen molar-refractivity contribution in [1.82, 2.24) is 5.43 Å². The minimum Gasteiger partial charge on any atom is -0.437 e. The number of nitrogens with zero attached hydrogens (tertiary/aromatic N) is 1. The summed E-state index contributed by atoms with van der Waals surface area (Å²) < 4.78 is 5.47. The molecule has 0 spiro atoms. The van der Waals surface area contributed by atoms with Gasteiger partial charge in [0.15, 0.2) is 0 Å². The second kappa shape index (κ2) is 3.31. The highest BCUT2D eigenvalue weighted by Crippen LogP contribution is 2.09. The van der Waals surface area contributed by atoms with Gasteiger partial charge in [0.2, 0.25) is 5.55 Å². The van der Waals surface area contributed by atoms with Gasteiger partial charge in [-0.25, -0.2) is 0 Å². The van der Waals surface area contributed by atoms with Gasteiger partial charge >= 0.3 is 0 Å². The van der Waals surface area contributed by atoms with E-state index in [0.717, 1.165) is 11.0 Å². The van der Waals surface area contributed by atoms with E-state index in [4.69, 9.17) is 4.42 Å². The Morgan fingerprint density at radius 2 is 2.00 bits per heavy atom.